The van der Waals surface area contributed by atoms with Crippen LogP contribution in [0.1, 0.15) is 0 Å². The summed E-state index contributed by atoms with van der Waals surface area (Å²) < 4.78 is 18.0. The number of ether oxygens (including phenoxy) is 1. The molecule has 2 rings (SSSR count). The maximum Gasteiger partial charge on any atom is 0.262 e. The number of nitrogen functional groups attached to an aromatic ring is 1. The average molecular weight is 260 g/mol. The quantitative estimate of drug-likeness (QED) is 0.830. The number of benzene rings is 2. The van der Waals surface area contributed by atoms with Crippen molar-refractivity contribution in [2.24, 2.45) is 0 Å². The molecular formula is C14H13FN2O2. The van der Waals surface area contributed by atoms with Crippen LogP contribution in [-0.4, -0.2) is 12.5 Å². The van der Waals surface area contributed by atoms with Crippen molar-refractivity contribution in [3.8, 4) is 5.75 Å². The summed E-state index contributed by atoms with van der Waals surface area (Å²) in [5.74, 6) is -0.108. The maximum atomic E-state index is 12.7. The van der Waals surface area contributed by atoms with E-state index < -0.39 is 0 Å². The highest BCUT2D eigenvalue weighted by atomic mass is 19.1. The third kappa shape index (κ3) is 3.99. The minimum Gasteiger partial charge on any atom is -0.484 e. The molecule has 0 heterocycles. The molecule has 0 aliphatic rings. The molecule has 0 atom stereocenters. The van der Waals surface area contributed by atoms with Crippen molar-refractivity contribution >= 4 is 17.3 Å². The second-order valence-electron chi connectivity index (χ2n) is 3.91. The van der Waals surface area contributed by atoms with E-state index in [1.165, 1.54) is 24.3 Å². The summed E-state index contributed by atoms with van der Waals surface area (Å²) in [4.78, 5) is 11.6. The molecule has 5 heteroatoms. The Labute approximate surface area is 110 Å². The monoisotopic (exact) mass is 260 g/mol. The van der Waals surface area contributed by atoms with E-state index in [9.17, 15) is 9.18 Å². The van der Waals surface area contributed by atoms with E-state index in [4.69, 9.17) is 10.5 Å². The number of hydrogen-bond acceptors (Lipinski definition) is 3. The Morgan fingerprint density at radius 2 is 1.74 bits per heavy atom. The van der Waals surface area contributed by atoms with Crippen molar-refractivity contribution in [1.82, 2.24) is 0 Å². The fourth-order valence-corrected chi connectivity index (χ4v) is 1.44. The Balaban J connectivity index is 1.84. The van der Waals surface area contributed by atoms with Gasteiger partial charge in [-0.25, -0.2) is 4.39 Å². The summed E-state index contributed by atoms with van der Waals surface area (Å²) >= 11 is 0. The number of carbonyl (C=O) groups is 1. The first-order valence-corrected chi connectivity index (χ1v) is 5.67. The van der Waals surface area contributed by atoms with Gasteiger partial charge < -0.3 is 15.8 Å². The number of hydrogen-bond donors (Lipinski definition) is 2. The van der Waals surface area contributed by atoms with Crippen LogP contribution in [0.25, 0.3) is 0 Å². The van der Waals surface area contributed by atoms with E-state index in [0.29, 0.717) is 17.1 Å². The van der Waals surface area contributed by atoms with E-state index >= 15 is 0 Å². The van der Waals surface area contributed by atoms with Gasteiger partial charge in [-0.1, -0.05) is 0 Å². The zero-order chi connectivity index (χ0) is 13.7. The Morgan fingerprint density at radius 1 is 1.11 bits per heavy atom. The number of nitrogens with one attached hydrogen (secondary N) is 1. The summed E-state index contributed by atoms with van der Waals surface area (Å²) in [6.45, 7) is -0.124. The van der Waals surface area contributed by atoms with Gasteiger partial charge in [0.2, 0.25) is 0 Å². The first-order chi connectivity index (χ1) is 9.13. The zero-order valence-electron chi connectivity index (χ0n) is 10.1. The molecule has 0 spiro atoms. The summed E-state index contributed by atoms with van der Waals surface area (Å²) in [5, 5.41) is 2.60. The van der Waals surface area contributed by atoms with Crippen molar-refractivity contribution in [3.05, 3.63) is 54.3 Å². The number of anilines is 2. The molecule has 0 saturated heterocycles. The molecule has 0 saturated carbocycles. The third-order valence-electron chi connectivity index (χ3n) is 2.38. The molecule has 0 radical (unpaired) electrons. The number of halogens is 1. The molecule has 4 nitrogen and oxygen atoms in total. The van der Waals surface area contributed by atoms with E-state index in [2.05, 4.69) is 5.32 Å². The molecule has 0 aliphatic heterocycles. The molecule has 2 aromatic carbocycles. The van der Waals surface area contributed by atoms with Crippen LogP contribution in [0.3, 0.4) is 0 Å². The normalized spacial score (nSPS) is 9.95. The van der Waals surface area contributed by atoms with Gasteiger partial charge in [-0.3, -0.25) is 4.79 Å². The van der Waals surface area contributed by atoms with Crippen molar-refractivity contribution in [3.63, 3.8) is 0 Å². The number of nitrogens with two attached hydrogens (primary N) is 1. The summed E-state index contributed by atoms with van der Waals surface area (Å²) in [7, 11) is 0. The van der Waals surface area contributed by atoms with Crippen LogP contribution in [0, 0.1) is 5.82 Å². The van der Waals surface area contributed by atoms with Gasteiger partial charge in [0.05, 0.1) is 0 Å². The van der Waals surface area contributed by atoms with Crippen molar-refractivity contribution in [2.75, 3.05) is 17.7 Å². The number of carbonyl (C=O) groups excluding carboxylic acids is 1. The molecule has 0 fully saturated rings. The third-order valence-corrected chi connectivity index (χ3v) is 2.38. The Kier molecular flexibility index (Phi) is 3.97. The fraction of sp³-hybridized carbons (Fsp3) is 0.0714. The second-order valence-corrected chi connectivity index (χ2v) is 3.91. The first-order valence-electron chi connectivity index (χ1n) is 5.67. The van der Waals surface area contributed by atoms with Crippen LogP contribution in [-0.2, 0) is 4.79 Å². The van der Waals surface area contributed by atoms with Crippen molar-refractivity contribution in [2.45, 2.75) is 0 Å². The lowest BCUT2D eigenvalue weighted by atomic mass is 10.3. The maximum absolute atomic E-state index is 12.7. The minimum absolute atomic E-state index is 0.124. The Morgan fingerprint density at radius 3 is 2.37 bits per heavy atom. The molecule has 1 amide bonds. The van der Waals surface area contributed by atoms with Crippen molar-refractivity contribution in [1.29, 1.82) is 0 Å². The molecule has 2 aromatic rings. The number of amides is 1. The van der Waals surface area contributed by atoms with Crippen LogP contribution in [0.2, 0.25) is 0 Å². The van der Waals surface area contributed by atoms with Gasteiger partial charge in [0.25, 0.3) is 5.91 Å². The minimum atomic E-state index is -0.351. The molecule has 0 aliphatic carbocycles. The van der Waals surface area contributed by atoms with Crippen LogP contribution in [0.15, 0.2) is 48.5 Å². The van der Waals surface area contributed by atoms with E-state index in [0.717, 1.165) is 0 Å². The zero-order valence-corrected chi connectivity index (χ0v) is 10.1. The highest BCUT2D eigenvalue weighted by Gasteiger charge is 2.03. The predicted molar refractivity (Wildman–Crippen MR) is 71.4 cm³/mol. The molecule has 0 bridgehead atoms. The molecule has 0 unspecified atom stereocenters. The van der Waals surface area contributed by atoms with Gasteiger partial charge in [0.1, 0.15) is 11.6 Å². The van der Waals surface area contributed by atoms with Crippen molar-refractivity contribution < 1.29 is 13.9 Å². The predicted octanol–water partition coefficient (Wildman–Crippen LogP) is 2.43. The van der Waals surface area contributed by atoms with Crippen LogP contribution >= 0.6 is 0 Å². The highest BCUT2D eigenvalue weighted by Crippen LogP contribution is 2.13. The number of rotatable bonds is 4. The van der Waals surface area contributed by atoms with Crippen LogP contribution < -0.4 is 15.8 Å². The fourth-order valence-electron chi connectivity index (χ4n) is 1.44. The average Bonchev–Trinajstić information content (AvgIpc) is 2.41. The van der Waals surface area contributed by atoms with Gasteiger partial charge in [0.15, 0.2) is 6.61 Å². The highest BCUT2D eigenvalue weighted by molar-refractivity contribution is 5.91. The smallest absolute Gasteiger partial charge is 0.262 e. The molecule has 3 N–H and O–H groups in total. The molecular weight excluding hydrogens is 247 g/mol. The molecule has 98 valence electrons. The Hall–Kier alpha value is -2.56. The topological polar surface area (TPSA) is 64.3 Å². The summed E-state index contributed by atoms with van der Waals surface area (Å²) in [5.41, 5.74) is 6.68. The summed E-state index contributed by atoms with van der Waals surface area (Å²) in [6.07, 6.45) is 0. The van der Waals surface area contributed by atoms with Gasteiger partial charge >= 0.3 is 0 Å². The second kappa shape index (κ2) is 5.86. The van der Waals surface area contributed by atoms with Gasteiger partial charge in [-0.2, -0.15) is 0 Å². The molecule has 0 aromatic heterocycles. The van der Waals surface area contributed by atoms with Gasteiger partial charge in [-0.15, -0.1) is 0 Å². The summed E-state index contributed by atoms with van der Waals surface area (Å²) in [6, 6.07) is 12.3. The van der Waals surface area contributed by atoms with Crippen LogP contribution in [0.4, 0.5) is 15.8 Å². The van der Waals surface area contributed by atoms with E-state index in [1.54, 1.807) is 24.3 Å². The van der Waals surface area contributed by atoms with E-state index in [-0.39, 0.29) is 18.3 Å². The Bertz CT molecular complexity index is 553. The first kappa shape index (κ1) is 12.9. The van der Waals surface area contributed by atoms with Gasteiger partial charge in [-0.05, 0) is 48.5 Å². The SMILES string of the molecule is Nc1ccc(OCC(=O)Nc2ccc(F)cc2)cc1. The lowest BCUT2D eigenvalue weighted by Gasteiger charge is -2.07. The largest absolute Gasteiger partial charge is 0.484 e. The lowest BCUT2D eigenvalue weighted by Crippen LogP contribution is -2.20. The van der Waals surface area contributed by atoms with Crippen LogP contribution in [0.5, 0.6) is 5.75 Å². The molecule has 19 heavy (non-hydrogen) atoms. The lowest BCUT2D eigenvalue weighted by molar-refractivity contribution is -0.118. The van der Waals surface area contributed by atoms with E-state index in [1.807, 2.05) is 0 Å². The standard InChI is InChI=1S/C14H13FN2O2/c15-10-1-5-12(6-2-10)17-14(18)9-19-13-7-3-11(16)4-8-13/h1-8H,9,16H2,(H,17,18). The van der Waals surface area contributed by atoms with Gasteiger partial charge in [0, 0.05) is 11.4 Å².